The summed E-state index contributed by atoms with van der Waals surface area (Å²) >= 11 is 7.11. The zero-order chi connectivity index (χ0) is 12.6. The molecule has 0 aliphatic carbocycles. The second-order valence-electron chi connectivity index (χ2n) is 3.68. The van der Waals surface area contributed by atoms with Crippen molar-refractivity contribution in [2.45, 2.75) is 13.8 Å². The highest BCUT2D eigenvalue weighted by atomic mass is 35.5. The Balaban J connectivity index is 2.67. The molecule has 17 heavy (non-hydrogen) atoms. The third-order valence-corrected chi connectivity index (χ3v) is 3.58. The molecule has 1 N–H and O–H groups in total. The largest absolute Gasteiger partial charge is 0.477 e. The van der Waals surface area contributed by atoms with E-state index in [2.05, 4.69) is 4.98 Å². The van der Waals surface area contributed by atoms with E-state index in [1.54, 1.807) is 19.1 Å². The van der Waals surface area contributed by atoms with Crippen LogP contribution in [0, 0.1) is 13.8 Å². The van der Waals surface area contributed by atoms with E-state index in [1.807, 2.05) is 13.0 Å². The van der Waals surface area contributed by atoms with Crippen molar-refractivity contribution >= 4 is 28.9 Å². The van der Waals surface area contributed by atoms with Gasteiger partial charge in [0.05, 0.1) is 10.7 Å². The maximum Gasteiger partial charge on any atom is 0.348 e. The first-order valence-corrected chi connectivity index (χ1v) is 6.15. The van der Waals surface area contributed by atoms with E-state index in [0.29, 0.717) is 10.7 Å². The summed E-state index contributed by atoms with van der Waals surface area (Å²) in [5, 5.41) is 10.4. The molecule has 0 saturated heterocycles. The Bertz CT molecular complexity index is 592. The second-order valence-corrected chi connectivity index (χ2v) is 5.31. The molecule has 2 rings (SSSR count). The van der Waals surface area contributed by atoms with Gasteiger partial charge in [0.1, 0.15) is 4.88 Å². The lowest BCUT2D eigenvalue weighted by Crippen LogP contribution is -1.96. The number of halogens is 1. The predicted molar refractivity (Wildman–Crippen MR) is 69.0 cm³/mol. The Labute approximate surface area is 108 Å². The van der Waals surface area contributed by atoms with Crippen LogP contribution in [0.4, 0.5) is 0 Å². The van der Waals surface area contributed by atoms with E-state index >= 15 is 0 Å². The normalized spacial score (nSPS) is 10.5. The zero-order valence-corrected chi connectivity index (χ0v) is 10.9. The molecule has 2 aromatic rings. The van der Waals surface area contributed by atoms with Gasteiger partial charge < -0.3 is 5.11 Å². The molecule has 0 amide bonds. The topological polar surface area (TPSA) is 50.2 Å². The molecule has 1 aromatic carbocycles. The maximum absolute atomic E-state index is 11.1. The maximum atomic E-state index is 11.1. The number of carboxylic acids is 1. The number of hydrogen-bond acceptors (Lipinski definition) is 3. The van der Waals surface area contributed by atoms with E-state index in [1.165, 1.54) is 11.3 Å². The van der Waals surface area contributed by atoms with Crippen LogP contribution in [0.1, 0.15) is 20.2 Å². The van der Waals surface area contributed by atoms with Crippen LogP contribution >= 0.6 is 22.9 Å². The molecule has 0 radical (unpaired) electrons. The van der Waals surface area contributed by atoms with E-state index in [0.717, 1.165) is 16.1 Å². The number of carbonyl (C=O) groups is 1. The van der Waals surface area contributed by atoms with Crippen molar-refractivity contribution in [2.24, 2.45) is 0 Å². The molecule has 0 fully saturated rings. The molecule has 0 aliphatic rings. The monoisotopic (exact) mass is 267 g/mol. The minimum absolute atomic E-state index is 0.257. The molecule has 1 aromatic heterocycles. The lowest BCUT2D eigenvalue weighted by molar-refractivity contribution is 0.0702. The molecule has 0 saturated carbocycles. The summed E-state index contributed by atoms with van der Waals surface area (Å²) in [5.74, 6) is -0.954. The number of carboxylic acid groups (broad SMARTS) is 1. The minimum Gasteiger partial charge on any atom is -0.477 e. The van der Waals surface area contributed by atoms with Gasteiger partial charge in [0.15, 0.2) is 0 Å². The molecule has 3 nitrogen and oxygen atoms in total. The second kappa shape index (κ2) is 4.47. The van der Waals surface area contributed by atoms with E-state index in [9.17, 15) is 4.79 Å². The number of rotatable bonds is 2. The first-order valence-electron chi connectivity index (χ1n) is 4.96. The summed E-state index contributed by atoms with van der Waals surface area (Å²) in [6.07, 6.45) is 0. The fraction of sp³-hybridized carbons (Fsp3) is 0.167. The van der Waals surface area contributed by atoms with Gasteiger partial charge in [-0.15, -0.1) is 11.3 Å². The van der Waals surface area contributed by atoms with Gasteiger partial charge in [-0.2, -0.15) is 0 Å². The molecule has 88 valence electrons. The van der Waals surface area contributed by atoms with E-state index < -0.39 is 5.97 Å². The van der Waals surface area contributed by atoms with Crippen LogP contribution in [0.3, 0.4) is 0 Å². The van der Waals surface area contributed by atoms with Crippen LogP contribution in [0.15, 0.2) is 18.2 Å². The number of hydrogen-bond donors (Lipinski definition) is 1. The van der Waals surface area contributed by atoms with Crippen molar-refractivity contribution in [1.82, 2.24) is 4.98 Å². The smallest absolute Gasteiger partial charge is 0.348 e. The molecular weight excluding hydrogens is 258 g/mol. The number of aryl methyl sites for hydroxylation is 2. The highest BCUT2D eigenvalue weighted by Gasteiger charge is 2.18. The van der Waals surface area contributed by atoms with Crippen LogP contribution in [0.2, 0.25) is 5.02 Å². The highest BCUT2D eigenvalue weighted by molar-refractivity contribution is 7.14. The van der Waals surface area contributed by atoms with Crippen LogP contribution in [0.25, 0.3) is 11.3 Å². The van der Waals surface area contributed by atoms with E-state index in [4.69, 9.17) is 16.7 Å². The van der Waals surface area contributed by atoms with Gasteiger partial charge in [0.25, 0.3) is 0 Å². The van der Waals surface area contributed by atoms with Gasteiger partial charge in [-0.05, 0) is 31.5 Å². The summed E-state index contributed by atoms with van der Waals surface area (Å²) in [6, 6.07) is 5.38. The fourth-order valence-electron chi connectivity index (χ4n) is 1.60. The molecule has 0 unspecified atom stereocenters. The number of thiazole rings is 1. The first kappa shape index (κ1) is 12.1. The van der Waals surface area contributed by atoms with Crippen LogP contribution in [-0.2, 0) is 0 Å². The number of aromatic nitrogens is 1. The van der Waals surface area contributed by atoms with Gasteiger partial charge in [-0.1, -0.05) is 17.7 Å². The Hall–Kier alpha value is -1.39. The van der Waals surface area contributed by atoms with Gasteiger partial charge in [-0.25, -0.2) is 9.78 Å². The molecule has 0 aliphatic heterocycles. The van der Waals surface area contributed by atoms with Crippen molar-refractivity contribution in [1.29, 1.82) is 0 Å². The molecule has 0 spiro atoms. The molecular formula is C12H10ClNO2S. The van der Waals surface area contributed by atoms with E-state index in [-0.39, 0.29) is 4.88 Å². The van der Waals surface area contributed by atoms with Crippen molar-refractivity contribution in [3.8, 4) is 11.3 Å². The Morgan fingerprint density at radius 1 is 1.41 bits per heavy atom. The first-order chi connectivity index (χ1) is 7.99. The number of benzene rings is 1. The third-order valence-electron chi connectivity index (χ3n) is 2.38. The number of nitrogens with zero attached hydrogens (tertiary/aromatic N) is 1. The Morgan fingerprint density at radius 3 is 2.76 bits per heavy atom. The minimum atomic E-state index is -0.954. The summed E-state index contributed by atoms with van der Waals surface area (Å²) < 4.78 is 0. The average molecular weight is 268 g/mol. The summed E-state index contributed by atoms with van der Waals surface area (Å²) in [7, 11) is 0. The Kier molecular flexibility index (Phi) is 3.17. The fourth-order valence-corrected chi connectivity index (χ4v) is 2.55. The van der Waals surface area contributed by atoms with Crippen molar-refractivity contribution in [2.75, 3.05) is 0 Å². The van der Waals surface area contributed by atoms with Crippen molar-refractivity contribution in [3.05, 3.63) is 38.7 Å². The average Bonchev–Trinajstić information content (AvgIpc) is 2.64. The zero-order valence-electron chi connectivity index (χ0n) is 9.32. The van der Waals surface area contributed by atoms with Gasteiger partial charge in [0.2, 0.25) is 0 Å². The summed E-state index contributed by atoms with van der Waals surface area (Å²) in [6.45, 7) is 3.70. The standard InChI is InChI=1S/C12H10ClNO2S/c1-6-3-4-8(13)5-9(6)10-11(12(15)16)17-7(2)14-10/h3-5H,1-2H3,(H,15,16). The lowest BCUT2D eigenvalue weighted by atomic mass is 10.1. The number of aromatic carboxylic acids is 1. The van der Waals surface area contributed by atoms with Gasteiger partial charge in [0, 0.05) is 10.6 Å². The quantitative estimate of drug-likeness (QED) is 0.901. The van der Waals surface area contributed by atoms with Crippen LogP contribution in [-0.4, -0.2) is 16.1 Å². The van der Waals surface area contributed by atoms with Crippen molar-refractivity contribution < 1.29 is 9.90 Å². The molecule has 0 bridgehead atoms. The predicted octanol–water partition coefficient (Wildman–Crippen LogP) is 3.78. The third kappa shape index (κ3) is 2.33. The highest BCUT2D eigenvalue weighted by Crippen LogP contribution is 2.31. The summed E-state index contributed by atoms with van der Waals surface area (Å²) in [4.78, 5) is 15.7. The molecule has 5 heteroatoms. The van der Waals surface area contributed by atoms with Crippen LogP contribution in [0.5, 0.6) is 0 Å². The Morgan fingerprint density at radius 2 is 2.12 bits per heavy atom. The lowest BCUT2D eigenvalue weighted by Gasteiger charge is -2.04. The van der Waals surface area contributed by atoms with Gasteiger partial charge in [-0.3, -0.25) is 0 Å². The van der Waals surface area contributed by atoms with Crippen molar-refractivity contribution in [3.63, 3.8) is 0 Å². The molecule has 1 heterocycles. The summed E-state index contributed by atoms with van der Waals surface area (Å²) in [5.41, 5.74) is 2.24. The molecule has 0 atom stereocenters. The van der Waals surface area contributed by atoms with Gasteiger partial charge >= 0.3 is 5.97 Å². The SMILES string of the molecule is Cc1nc(-c2cc(Cl)ccc2C)c(C(=O)O)s1. The van der Waals surface area contributed by atoms with Crippen LogP contribution < -0.4 is 0 Å².